The van der Waals surface area contributed by atoms with Gasteiger partial charge in [-0.2, -0.15) is 0 Å². The lowest BCUT2D eigenvalue weighted by Gasteiger charge is -2.14. The molecule has 2 aromatic rings. The molecule has 0 bridgehead atoms. The molecule has 0 radical (unpaired) electrons. The molecular formula is C21H22O8. The molecule has 8 nitrogen and oxygen atoms in total. The van der Waals surface area contributed by atoms with Gasteiger partial charge in [0.2, 0.25) is 0 Å². The molecule has 0 fully saturated rings. The van der Waals surface area contributed by atoms with Crippen molar-refractivity contribution in [2.24, 2.45) is 0 Å². The van der Waals surface area contributed by atoms with Crippen molar-refractivity contribution in [3.05, 3.63) is 60.0 Å². The van der Waals surface area contributed by atoms with Crippen LogP contribution in [-0.2, 0) is 19.1 Å². The summed E-state index contributed by atoms with van der Waals surface area (Å²) in [6, 6.07) is 6.20. The summed E-state index contributed by atoms with van der Waals surface area (Å²) in [7, 11) is 0. The fourth-order valence-corrected chi connectivity index (χ4v) is 2.25. The van der Waals surface area contributed by atoms with E-state index in [0.29, 0.717) is 35.3 Å². The van der Waals surface area contributed by atoms with Gasteiger partial charge in [-0.15, -0.1) is 0 Å². The summed E-state index contributed by atoms with van der Waals surface area (Å²) in [5.41, 5.74) is -0.115. The number of carbonyl (C=O) groups is 2. The van der Waals surface area contributed by atoms with Gasteiger partial charge in [0, 0.05) is 42.5 Å². The van der Waals surface area contributed by atoms with Crippen LogP contribution >= 0.6 is 0 Å². The number of hydrogen-bond acceptors (Lipinski definition) is 8. The molecule has 0 atom stereocenters. The number of benzene rings is 1. The normalized spacial score (nSPS) is 10.2. The van der Waals surface area contributed by atoms with Crippen LogP contribution in [0.1, 0.15) is 12.8 Å². The summed E-state index contributed by atoms with van der Waals surface area (Å²) in [6.45, 7) is 7.54. The SMILES string of the molecule is C=CC(=O)OCCCOc1cc2ccc(=O)oc2cc1OCCCOC(=O)C=C. The highest BCUT2D eigenvalue weighted by molar-refractivity contribution is 5.81. The molecular weight excluding hydrogens is 380 g/mol. The molecule has 0 aliphatic carbocycles. The van der Waals surface area contributed by atoms with E-state index in [1.54, 1.807) is 18.2 Å². The van der Waals surface area contributed by atoms with Gasteiger partial charge in [-0.3, -0.25) is 0 Å². The van der Waals surface area contributed by atoms with E-state index in [9.17, 15) is 14.4 Å². The second-order valence-electron chi connectivity index (χ2n) is 5.74. The standard InChI is InChI=1S/C21H22O8/c1-3-19(22)27-11-5-9-25-17-13-15-7-8-21(24)29-16(15)14-18(17)26-10-6-12-28-20(23)4-2/h3-4,7-8,13-14H,1-2,5-6,9-12H2. The van der Waals surface area contributed by atoms with Gasteiger partial charge in [0.25, 0.3) is 0 Å². The van der Waals surface area contributed by atoms with E-state index in [2.05, 4.69) is 13.2 Å². The average molecular weight is 402 g/mol. The first-order valence-corrected chi connectivity index (χ1v) is 8.95. The maximum atomic E-state index is 11.5. The number of rotatable bonds is 12. The van der Waals surface area contributed by atoms with E-state index in [-0.39, 0.29) is 26.4 Å². The second-order valence-corrected chi connectivity index (χ2v) is 5.74. The van der Waals surface area contributed by atoms with Crippen molar-refractivity contribution in [3.8, 4) is 11.5 Å². The molecule has 1 heterocycles. The molecule has 0 saturated heterocycles. The fourth-order valence-electron chi connectivity index (χ4n) is 2.25. The van der Waals surface area contributed by atoms with Crippen LogP contribution in [0.2, 0.25) is 0 Å². The molecule has 154 valence electrons. The van der Waals surface area contributed by atoms with Crippen molar-refractivity contribution in [3.63, 3.8) is 0 Å². The summed E-state index contributed by atoms with van der Waals surface area (Å²) in [5, 5.41) is 0.671. The third kappa shape index (κ3) is 7.17. The predicted molar refractivity (Wildman–Crippen MR) is 105 cm³/mol. The van der Waals surface area contributed by atoms with Crippen LogP contribution in [0.15, 0.2) is 58.8 Å². The lowest BCUT2D eigenvalue weighted by molar-refractivity contribution is -0.138. The van der Waals surface area contributed by atoms with Crippen LogP contribution in [0, 0.1) is 0 Å². The van der Waals surface area contributed by atoms with Crippen LogP contribution in [0.25, 0.3) is 11.0 Å². The minimum Gasteiger partial charge on any atom is -0.490 e. The van der Waals surface area contributed by atoms with Gasteiger partial charge >= 0.3 is 17.6 Å². The summed E-state index contributed by atoms with van der Waals surface area (Å²) in [6.07, 6.45) is 3.10. The highest BCUT2D eigenvalue weighted by Crippen LogP contribution is 2.32. The Bertz CT molecular complexity index is 928. The Labute approximate surface area is 167 Å². The van der Waals surface area contributed by atoms with Crippen molar-refractivity contribution in [1.82, 2.24) is 0 Å². The van der Waals surface area contributed by atoms with Crippen molar-refractivity contribution in [2.45, 2.75) is 12.8 Å². The quantitative estimate of drug-likeness (QED) is 0.231. The van der Waals surface area contributed by atoms with Gasteiger partial charge in [-0.05, 0) is 12.1 Å². The Kier molecular flexibility index (Phi) is 8.50. The van der Waals surface area contributed by atoms with Crippen LogP contribution in [0.5, 0.6) is 11.5 Å². The first kappa shape index (κ1) is 21.7. The highest BCUT2D eigenvalue weighted by Gasteiger charge is 2.10. The Morgan fingerprint density at radius 3 is 1.97 bits per heavy atom. The smallest absolute Gasteiger partial charge is 0.336 e. The first-order valence-electron chi connectivity index (χ1n) is 8.95. The number of ether oxygens (including phenoxy) is 4. The molecule has 0 amide bonds. The van der Waals surface area contributed by atoms with E-state index in [1.165, 1.54) is 6.07 Å². The molecule has 8 heteroatoms. The van der Waals surface area contributed by atoms with Gasteiger partial charge in [0.15, 0.2) is 11.5 Å². The molecule has 2 rings (SSSR count). The molecule has 0 spiro atoms. The summed E-state index contributed by atoms with van der Waals surface area (Å²) in [4.78, 5) is 33.5. The van der Waals surface area contributed by atoms with E-state index in [4.69, 9.17) is 23.4 Å². The van der Waals surface area contributed by atoms with Crippen molar-refractivity contribution in [1.29, 1.82) is 0 Å². The van der Waals surface area contributed by atoms with Crippen LogP contribution in [-0.4, -0.2) is 38.4 Å². The highest BCUT2D eigenvalue weighted by atomic mass is 16.5. The molecule has 0 aliphatic heterocycles. The monoisotopic (exact) mass is 402 g/mol. The van der Waals surface area contributed by atoms with Crippen molar-refractivity contribution in [2.75, 3.05) is 26.4 Å². The maximum Gasteiger partial charge on any atom is 0.336 e. The molecule has 0 N–H and O–H groups in total. The van der Waals surface area contributed by atoms with Gasteiger partial charge in [-0.25, -0.2) is 14.4 Å². The largest absolute Gasteiger partial charge is 0.490 e. The van der Waals surface area contributed by atoms with E-state index in [0.717, 1.165) is 12.2 Å². The number of esters is 2. The van der Waals surface area contributed by atoms with Crippen LogP contribution in [0.4, 0.5) is 0 Å². The van der Waals surface area contributed by atoms with E-state index < -0.39 is 17.6 Å². The molecule has 29 heavy (non-hydrogen) atoms. The zero-order chi connectivity index (χ0) is 21.1. The Morgan fingerprint density at radius 2 is 1.41 bits per heavy atom. The van der Waals surface area contributed by atoms with Crippen molar-refractivity contribution >= 4 is 22.9 Å². The molecule has 0 unspecified atom stereocenters. The Morgan fingerprint density at radius 1 is 0.862 bits per heavy atom. The zero-order valence-electron chi connectivity index (χ0n) is 15.9. The van der Waals surface area contributed by atoms with Gasteiger partial charge < -0.3 is 23.4 Å². The molecule has 1 aromatic heterocycles. The second kappa shape index (κ2) is 11.3. The Balaban J connectivity index is 2.00. The average Bonchev–Trinajstić information content (AvgIpc) is 2.72. The summed E-state index contributed by atoms with van der Waals surface area (Å²) in [5.74, 6) is -0.167. The summed E-state index contributed by atoms with van der Waals surface area (Å²) < 4.78 is 26.4. The third-order valence-corrected chi connectivity index (χ3v) is 3.60. The van der Waals surface area contributed by atoms with E-state index in [1.807, 2.05) is 0 Å². The van der Waals surface area contributed by atoms with Gasteiger partial charge in [0.05, 0.1) is 26.4 Å². The third-order valence-electron chi connectivity index (χ3n) is 3.60. The van der Waals surface area contributed by atoms with E-state index >= 15 is 0 Å². The van der Waals surface area contributed by atoms with Crippen LogP contribution in [0.3, 0.4) is 0 Å². The molecule has 1 aromatic carbocycles. The lowest BCUT2D eigenvalue weighted by atomic mass is 10.2. The van der Waals surface area contributed by atoms with Gasteiger partial charge in [0.1, 0.15) is 5.58 Å². The predicted octanol–water partition coefficient (Wildman–Crippen LogP) is 2.79. The topological polar surface area (TPSA) is 101 Å². The minimum atomic E-state index is -0.501. The summed E-state index contributed by atoms with van der Waals surface area (Å²) >= 11 is 0. The minimum absolute atomic E-state index is 0.179. The van der Waals surface area contributed by atoms with Crippen molar-refractivity contribution < 1.29 is 33.0 Å². The Hall–Kier alpha value is -3.55. The van der Waals surface area contributed by atoms with Crippen LogP contribution < -0.4 is 15.1 Å². The number of hydrogen-bond donors (Lipinski definition) is 0. The lowest BCUT2D eigenvalue weighted by Crippen LogP contribution is -2.09. The van der Waals surface area contributed by atoms with Gasteiger partial charge in [-0.1, -0.05) is 13.2 Å². The molecule has 0 aliphatic rings. The number of carbonyl (C=O) groups excluding carboxylic acids is 2. The first-order chi connectivity index (χ1) is 14.0. The fraction of sp³-hybridized carbons (Fsp3) is 0.286. The maximum absolute atomic E-state index is 11.5. The zero-order valence-corrected chi connectivity index (χ0v) is 15.9. The molecule has 0 saturated carbocycles. The number of fused-ring (bicyclic) bond motifs is 1.